The van der Waals surface area contributed by atoms with E-state index in [-0.39, 0.29) is 54.3 Å². The lowest BCUT2D eigenvalue weighted by atomic mass is 9.85. The summed E-state index contributed by atoms with van der Waals surface area (Å²) in [6.07, 6.45) is 5.99. The monoisotopic (exact) mass is 1450 g/mol. The zero-order valence-electron chi connectivity index (χ0n) is 64.4. The van der Waals surface area contributed by atoms with E-state index in [2.05, 4.69) is 118 Å². The Kier molecular flexibility index (Phi) is 26.2. The number of rotatable bonds is 30. The highest BCUT2D eigenvalue weighted by Gasteiger charge is 2.45. The van der Waals surface area contributed by atoms with Gasteiger partial charge in [0.1, 0.15) is 6.17 Å². The number of aryl methyl sites for hydroxylation is 1. The van der Waals surface area contributed by atoms with Crippen molar-refractivity contribution in [2.45, 2.75) is 155 Å². The Hall–Kier alpha value is -9.82. The molecule has 0 aromatic heterocycles. The zero-order valence-corrected chi connectivity index (χ0v) is 64.4. The van der Waals surface area contributed by atoms with E-state index >= 15 is 4.79 Å². The zero-order chi connectivity index (χ0) is 75.1. The predicted molar refractivity (Wildman–Crippen MR) is 413 cm³/mol. The van der Waals surface area contributed by atoms with Crippen molar-refractivity contribution in [3.8, 4) is 69.0 Å². The van der Waals surface area contributed by atoms with Crippen molar-refractivity contribution in [1.82, 2.24) is 25.3 Å². The molecule has 19 nitrogen and oxygen atoms in total. The summed E-state index contributed by atoms with van der Waals surface area (Å²) in [5, 5.41) is 6.73. The molecule has 3 aliphatic heterocycles. The standard InChI is InChI=1S/C54H67N3O9.C33H40N2O5/c1-11-35(4)66-52-32-42-40(30-50(52)64-10)22-24-57(44(42)26-38-18-20-46(60-6)48(28-38)62-8)54(53(58)55-33-36-15-13-12-14-16-36)56-23-21-39-29-49(63-9)51(65-34(2)3)31-41(39)43(56)25-37-17-19-45(59-5)47(27-37)61-7;1-21(2)40-32-19-26-24(18-31(32)39-5)14-15-35(28(26)16-22-10-13-29(37-3)30(17-22)38-4)20-33(36)34-27-12-11-23-8-6-7-9-25(23)27/h12-20,27-32,34-35,43-44,54H,11,21-26,33H2,1-10H3,(H,55,58);6-10,13,17-19,21,27-28H,11-12,14-16,20H2,1-5H3,(H,34,36)/t;27-,28?/m.0/s1. The number of methoxy groups -OCH3 is 9. The molecule has 6 atom stereocenters. The average Bonchev–Trinajstić information content (AvgIpc) is 0.862. The molecule has 2 N–H and O–H groups in total. The van der Waals surface area contributed by atoms with Crippen LogP contribution in [0, 0.1) is 0 Å². The number of nitrogens with one attached hydrogen (secondary N) is 2. The summed E-state index contributed by atoms with van der Waals surface area (Å²) in [6, 6.07) is 48.8. The van der Waals surface area contributed by atoms with E-state index in [1.54, 1.807) is 64.0 Å². The molecular formula is C87H107N5O14. The summed E-state index contributed by atoms with van der Waals surface area (Å²) in [6.45, 7) is 14.9. The molecule has 4 aliphatic rings. The second-order valence-corrected chi connectivity index (χ2v) is 28.1. The molecule has 12 rings (SSSR count). The highest BCUT2D eigenvalue weighted by Crippen LogP contribution is 2.48. The third-order valence-electron chi connectivity index (χ3n) is 20.8. The number of carbonyl (C=O) groups is 2. The number of nitrogens with zero attached hydrogens (tertiary/aromatic N) is 3. The lowest BCUT2D eigenvalue weighted by molar-refractivity contribution is -0.139. The van der Waals surface area contributed by atoms with Gasteiger partial charge in [-0.15, -0.1) is 0 Å². The molecule has 0 fully saturated rings. The molecule has 0 saturated heterocycles. The van der Waals surface area contributed by atoms with Gasteiger partial charge < -0.3 is 67.5 Å². The van der Waals surface area contributed by atoms with Gasteiger partial charge in [-0.05, 0) is 232 Å². The van der Waals surface area contributed by atoms with Gasteiger partial charge in [0.05, 0.1) is 94.9 Å². The number of fused-ring (bicyclic) bond motifs is 4. The topological polar surface area (TPSA) is 179 Å². The SMILES string of the molecule is CCC(C)Oc1cc2c(cc1OC)CCN(C(C(=O)NCc1ccccc1)N1CCc3cc(OC)c(OC(C)C)cc3C1Cc1ccc(OC)c(OC)c1)C2Cc1ccc(OC)c(OC)c1.COc1ccc(CC2c3cc(OC(C)C)c(OC)cc3CCN2CC(=O)N[C@H]2CCc3ccccc32)cc1OC. The lowest BCUT2D eigenvalue weighted by Gasteiger charge is -2.49. The van der Waals surface area contributed by atoms with Crippen LogP contribution in [0.25, 0.3) is 0 Å². The van der Waals surface area contributed by atoms with Gasteiger partial charge in [0.25, 0.3) is 5.91 Å². The maximum Gasteiger partial charge on any atom is 0.252 e. The van der Waals surface area contributed by atoms with Crippen LogP contribution >= 0.6 is 0 Å². The molecule has 1 aliphatic carbocycles. The molecule has 564 valence electrons. The third-order valence-corrected chi connectivity index (χ3v) is 20.8. The van der Waals surface area contributed by atoms with E-state index in [1.807, 2.05) is 94.4 Å². The van der Waals surface area contributed by atoms with Crippen LogP contribution in [0.2, 0.25) is 0 Å². The van der Waals surface area contributed by atoms with E-state index in [4.69, 9.17) is 56.8 Å². The van der Waals surface area contributed by atoms with Gasteiger partial charge in [-0.3, -0.25) is 24.3 Å². The van der Waals surface area contributed by atoms with Gasteiger partial charge in [0.2, 0.25) is 5.91 Å². The Morgan fingerprint density at radius 1 is 0.406 bits per heavy atom. The van der Waals surface area contributed by atoms with Crippen LogP contribution in [0.4, 0.5) is 0 Å². The largest absolute Gasteiger partial charge is 0.493 e. The van der Waals surface area contributed by atoms with Gasteiger partial charge in [-0.25, -0.2) is 0 Å². The first-order chi connectivity index (χ1) is 51.4. The van der Waals surface area contributed by atoms with Crippen molar-refractivity contribution in [1.29, 1.82) is 0 Å². The van der Waals surface area contributed by atoms with Crippen LogP contribution in [0.5, 0.6) is 69.0 Å². The fraction of sp³-hybridized carbons (Fsp3) is 0.425. The van der Waals surface area contributed by atoms with Gasteiger partial charge >= 0.3 is 0 Å². The van der Waals surface area contributed by atoms with Crippen LogP contribution in [0.3, 0.4) is 0 Å². The Morgan fingerprint density at radius 2 is 0.811 bits per heavy atom. The Labute approximate surface area is 626 Å². The molecule has 0 bridgehead atoms. The number of hydrogen-bond donors (Lipinski definition) is 2. The number of hydrogen-bond acceptors (Lipinski definition) is 17. The second kappa shape index (κ2) is 36.0. The van der Waals surface area contributed by atoms with Crippen LogP contribution < -0.4 is 67.5 Å². The van der Waals surface area contributed by atoms with Crippen molar-refractivity contribution in [2.24, 2.45) is 0 Å². The molecule has 3 heterocycles. The quantitative estimate of drug-likeness (QED) is 0.0434. The average molecular weight is 1450 g/mol. The molecular weight excluding hydrogens is 1340 g/mol. The van der Waals surface area contributed by atoms with Crippen molar-refractivity contribution in [3.63, 3.8) is 0 Å². The normalized spacial score (nSPS) is 17.4. The summed E-state index contributed by atoms with van der Waals surface area (Å²) < 4.78 is 70.7. The van der Waals surface area contributed by atoms with Crippen LogP contribution in [0.1, 0.15) is 145 Å². The summed E-state index contributed by atoms with van der Waals surface area (Å²) in [5.74, 6) is 8.12. The number of ether oxygens (including phenoxy) is 12. The minimum absolute atomic E-state index is 0.0102. The number of benzene rings is 8. The smallest absolute Gasteiger partial charge is 0.252 e. The minimum atomic E-state index is -0.720. The third kappa shape index (κ3) is 18.0. The minimum Gasteiger partial charge on any atom is -0.493 e. The van der Waals surface area contributed by atoms with Gasteiger partial charge in [-0.1, -0.05) is 79.7 Å². The summed E-state index contributed by atoms with van der Waals surface area (Å²) in [4.78, 5) is 36.2. The van der Waals surface area contributed by atoms with Crippen molar-refractivity contribution >= 4 is 11.8 Å². The van der Waals surface area contributed by atoms with Crippen molar-refractivity contribution in [3.05, 3.63) is 212 Å². The predicted octanol–water partition coefficient (Wildman–Crippen LogP) is 14.8. The fourth-order valence-electron chi connectivity index (χ4n) is 15.4. The van der Waals surface area contributed by atoms with Crippen molar-refractivity contribution < 1.29 is 66.4 Å². The van der Waals surface area contributed by atoms with E-state index in [0.717, 1.165) is 93.8 Å². The Morgan fingerprint density at radius 3 is 1.25 bits per heavy atom. The Bertz CT molecular complexity index is 4300. The first kappa shape index (κ1) is 77.3. The van der Waals surface area contributed by atoms with E-state index in [0.29, 0.717) is 116 Å². The van der Waals surface area contributed by atoms with Gasteiger partial charge in [-0.2, -0.15) is 0 Å². The molecule has 5 unspecified atom stereocenters. The Balaban J connectivity index is 0.000000238. The second-order valence-electron chi connectivity index (χ2n) is 28.1. The van der Waals surface area contributed by atoms with Gasteiger partial charge in [0, 0.05) is 44.3 Å². The first-order valence-corrected chi connectivity index (χ1v) is 37.1. The molecule has 0 saturated carbocycles. The first-order valence-electron chi connectivity index (χ1n) is 37.1. The maximum absolute atomic E-state index is 15.6. The maximum atomic E-state index is 15.6. The molecule has 19 heteroatoms. The molecule has 2 amide bonds. The molecule has 8 aromatic rings. The van der Waals surface area contributed by atoms with Crippen molar-refractivity contribution in [2.75, 3.05) is 90.2 Å². The van der Waals surface area contributed by atoms with Crippen LogP contribution in [-0.4, -0.2) is 141 Å². The fourth-order valence-corrected chi connectivity index (χ4v) is 15.4. The number of carbonyl (C=O) groups excluding carboxylic acids is 2. The summed E-state index contributed by atoms with van der Waals surface area (Å²) in [7, 11) is 14.9. The summed E-state index contributed by atoms with van der Waals surface area (Å²) in [5.41, 5.74) is 13.6. The molecule has 106 heavy (non-hydrogen) atoms. The highest BCUT2D eigenvalue weighted by molar-refractivity contribution is 5.82. The van der Waals surface area contributed by atoms with Crippen LogP contribution in [0.15, 0.2) is 146 Å². The summed E-state index contributed by atoms with van der Waals surface area (Å²) >= 11 is 0. The van der Waals surface area contributed by atoms with Gasteiger partial charge in [0.15, 0.2) is 69.0 Å². The molecule has 0 spiro atoms. The van der Waals surface area contributed by atoms with Crippen LogP contribution in [-0.2, 0) is 61.1 Å². The molecule has 0 radical (unpaired) electrons. The van der Waals surface area contributed by atoms with E-state index in [9.17, 15) is 4.79 Å². The number of amides is 2. The van der Waals surface area contributed by atoms with E-state index < -0.39 is 6.17 Å². The lowest BCUT2D eigenvalue weighted by Crippen LogP contribution is -2.61. The van der Waals surface area contributed by atoms with E-state index in [1.165, 1.54) is 16.7 Å². The molecule has 8 aromatic carbocycles. The highest BCUT2D eigenvalue weighted by atomic mass is 16.5.